The zero-order valence-corrected chi connectivity index (χ0v) is 14.7. The van der Waals surface area contributed by atoms with Crippen LogP contribution in [-0.4, -0.2) is 42.5 Å². The summed E-state index contributed by atoms with van der Waals surface area (Å²) in [6.07, 6.45) is 3.10. The van der Waals surface area contributed by atoms with Crippen LogP contribution in [-0.2, 0) is 16.0 Å². The number of alkyl halides is 2. The van der Waals surface area contributed by atoms with Crippen LogP contribution in [0, 0.1) is 0 Å². The lowest BCUT2D eigenvalue weighted by molar-refractivity contribution is -0.137. The van der Waals surface area contributed by atoms with Crippen LogP contribution >= 0.6 is 0 Å². The number of hydrogen-bond acceptors (Lipinski definition) is 3. The van der Waals surface area contributed by atoms with Gasteiger partial charge in [-0.25, -0.2) is 8.78 Å². The molecule has 1 aromatic rings. The van der Waals surface area contributed by atoms with Crippen LogP contribution in [0.3, 0.4) is 0 Å². The number of unbranched alkanes of at least 4 members (excludes halogenated alkanes) is 2. The standard InChI is InChI=1S/C19H24F2N2O3/c20-19(21)9-11-22(13-19)15-7-6-14-8-10-23(16(14)12-15)17(24)4-2-1-3-5-18(25)26/h6-7,12H,1-5,8-11,13H2,(H,25,26). The van der Waals surface area contributed by atoms with E-state index in [1.165, 1.54) is 0 Å². The number of rotatable bonds is 7. The fourth-order valence-corrected chi connectivity index (χ4v) is 3.64. The lowest BCUT2D eigenvalue weighted by Gasteiger charge is -2.22. The average molecular weight is 366 g/mol. The second kappa shape index (κ2) is 7.60. The summed E-state index contributed by atoms with van der Waals surface area (Å²) in [6, 6.07) is 5.65. The van der Waals surface area contributed by atoms with Crippen LogP contribution in [0.15, 0.2) is 18.2 Å². The largest absolute Gasteiger partial charge is 0.481 e. The predicted molar refractivity (Wildman–Crippen MR) is 95.0 cm³/mol. The van der Waals surface area contributed by atoms with E-state index in [1.54, 1.807) is 9.80 Å². The molecule has 0 saturated carbocycles. The van der Waals surface area contributed by atoms with Crippen molar-refractivity contribution in [3.8, 4) is 0 Å². The number of carbonyl (C=O) groups excluding carboxylic acids is 1. The highest BCUT2D eigenvalue weighted by molar-refractivity contribution is 5.96. The summed E-state index contributed by atoms with van der Waals surface area (Å²) in [6.45, 7) is 0.662. The Bertz CT molecular complexity index is 693. The van der Waals surface area contributed by atoms with E-state index in [-0.39, 0.29) is 25.3 Å². The van der Waals surface area contributed by atoms with Crippen LogP contribution in [0.1, 0.15) is 44.1 Å². The smallest absolute Gasteiger partial charge is 0.303 e. The molecule has 2 heterocycles. The Balaban J connectivity index is 1.60. The Labute approximate surface area is 151 Å². The summed E-state index contributed by atoms with van der Waals surface area (Å²) in [5.41, 5.74) is 2.63. The molecular weight excluding hydrogens is 342 g/mol. The lowest BCUT2D eigenvalue weighted by Crippen LogP contribution is -2.29. The number of aliphatic carboxylic acids is 1. The van der Waals surface area contributed by atoms with E-state index in [1.807, 2.05) is 18.2 Å². The van der Waals surface area contributed by atoms with Gasteiger partial charge in [-0.3, -0.25) is 9.59 Å². The molecule has 1 fully saturated rings. The molecule has 0 spiro atoms. The maximum atomic E-state index is 13.5. The van der Waals surface area contributed by atoms with Crippen LogP contribution in [0.25, 0.3) is 0 Å². The SMILES string of the molecule is O=C(O)CCCCCC(=O)N1CCc2ccc(N3CCC(F)(F)C3)cc21. The number of benzene rings is 1. The third-order valence-corrected chi connectivity index (χ3v) is 5.08. The summed E-state index contributed by atoms with van der Waals surface area (Å²) in [4.78, 5) is 26.4. The third-order valence-electron chi connectivity index (χ3n) is 5.08. The van der Waals surface area contributed by atoms with Crippen LogP contribution in [0.2, 0.25) is 0 Å². The predicted octanol–water partition coefficient (Wildman–Crippen LogP) is 3.46. The van der Waals surface area contributed by atoms with Crippen LogP contribution < -0.4 is 9.80 Å². The second-order valence-corrected chi connectivity index (χ2v) is 7.09. The van der Waals surface area contributed by atoms with Gasteiger partial charge in [0.05, 0.1) is 6.54 Å². The quantitative estimate of drug-likeness (QED) is 0.751. The minimum atomic E-state index is -2.65. The number of nitrogens with zero attached hydrogens (tertiary/aromatic N) is 2. The Hall–Kier alpha value is -2.18. The molecular formula is C19H24F2N2O3. The Kier molecular flexibility index (Phi) is 5.44. The number of hydrogen-bond donors (Lipinski definition) is 1. The number of halogens is 2. The molecule has 7 heteroatoms. The fourth-order valence-electron chi connectivity index (χ4n) is 3.64. The Morgan fingerprint density at radius 1 is 1.12 bits per heavy atom. The molecule has 1 N–H and O–H groups in total. The van der Waals surface area contributed by atoms with Crippen molar-refractivity contribution in [2.75, 3.05) is 29.4 Å². The van der Waals surface area contributed by atoms with E-state index in [2.05, 4.69) is 0 Å². The molecule has 0 radical (unpaired) electrons. The van der Waals surface area contributed by atoms with E-state index >= 15 is 0 Å². The van der Waals surface area contributed by atoms with Gasteiger partial charge in [-0.05, 0) is 37.0 Å². The van der Waals surface area contributed by atoms with Crippen molar-refractivity contribution in [2.24, 2.45) is 0 Å². The molecule has 5 nitrogen and oxygen atoms in total. The minimum absolute atomic E-state index is 0.0166. The molecule has 0 unspecified atom stereocenters. The van der Waals surface area contributed by atoms with Crippen molar-refractivity contribution >= 4 is 23.3 Å². The molecule has 142 valence electrons. The van der Waals surface area contributed by atoms with Crippen LogP contribution in [0.4, 0.5) is 20.2 Å². The number of fused-ring (bicyclic) bond motifs is 1. The van der Waals surface area contributed by atoms with Gasteiger partial charge in [0, 0.05) is 43.7 Å². The first-order valence-corrected chi connectivity index (χ1v) is 9.14. The number of anilines is 2. The zero-order chi connectivity index (χ0) is 18.7. The van der Waals surface area contributed by atoms with E-state index in [4.69, 9.17) is 5.11 Å². The molecule has 2 aliphatic rings. The van der Waals surface area contributed by atoms with E-state index < -0.39 is 11.9 Å². The maximum absolute atomic E-state index is 13.5. The second-order valence-electron chi connectivity index (χ2n) is 7.09. The van der Waals surface area contributed by atoms with Crippen LogP contribution in [0.5, 0.6) is 0 Å². The van der Waals surface area contributed by atoms with Gasteiger partial charge in [-0.1, -0.05) is 12.5 Å². The number of carbonyl (C=O) groups is 2. The fraction of sp³-hybridized carbons (Fsp3) is 0.579. The van der Waals surface area contributed by atoms with Crippen molar-refractivity contribution in [1.29, 1.82) is 0 Å². The van der Waals surface area contributed by atoms with Gasteiger partial charge in [0.15, 0.2) is 0 Å². The van der Waals surface area contributed by atoms with E-state index in [9.17, 15) is 18.4 Å². The number of carboxylic acids is 1. The van der Waals surface area contributed by atoms with Crippen molar-refractivity contribution in [3.63, 3.8) is 0 Å². The summed E-state index contributed by atoms with van der Waals surface area (Å²) in [7, 11) is 0. The summed E-state index contributed by atoms with van der Waals surface area (Å²) in [5.74, 6) is -3.45. The minimum Gasteiger partial charge on any atom is -0.481 e. The molecule has 2 aliphatic heterocycles. The molecule has 1 saturated heterocycles. The number of carboxylic acid groups (broad SMARTS) is 1. The first-order valence-electron chi connectivity index (χ1n) is 9.14. The molecule has 1 amide bonds. The highest BCUT2D eigenvalue weighted by Crippen LogP contribution is 2.36. The highest BCUT2D eigenvalue weighted by Gasteiger charge is 2.38. The first kappa shape index (κ1) is 18.6. The normalized spacial score (nSPS) is 18.2. The van der Waals surface area contributed by atoms with Gasteiger partial charge >= 0.3 is 5.97 Å². The average Bonchev–Trinajstić information content (AvgIpc) is 3.16. The van der Waals surface area contributed by atoms with E-state index in [0.717, 1.165) is 23.4 Å². The molecule has 0 bridgehead atoms. The maximum Gasteiger partial charge on any atom is 0.303 e. The van der Waals surface area contributed by atoms with Gasteiger partial charge in [-0.15, -0.1) is 0 Å². The van der Waals surface area contributed by atoms with Crippen molar-refractivity contribution in [2.45, 2.75) is 50.9 Å². The molecule has 3 rings (SSSR count). The Morgan fingerprint density at radius 2 is 1.88 bits per heavy atom. The van der Waals surface area contributed by atoms with Gasteiger partial charge in [0.2, 0.25) is 5.91 Å². The van der Waals surface area contributed by atoms with Gasteiger partial charge in [0.1, 0.15) is 0 Å². The third kappa shape index (κ3) is 4.31. The summed E-state index contributed by atoms with van der Waals surface area (Å²) in [5, 5.41) is 8.63. The molecule has 0 aliphatic carbocycles. The lowest BCUT2D eigenvalue weighted by atomic mass is 10.1. The molecule has 0 aromatic heterocycles. The monoisotopic (exact) mass is 366 g/mol. The van der Waals surface area contributed by atoms with Crippen molar-refractivity contribution in [1.82, 2.24) is 0 Å². The van der Waals surface area contributed by atoms with Gasteiger partial charge in [-0.2, -0.15) is 0 Å². The number of amides is 1. The van der Waals surface area contributed by atoms with Crippen molar-refractivity contribution in [3.05, 3.63) is 23.8 Å². The van der Waals surface area contributed by atoms with Gasteiger partial charge < -0.3 is 14.9 Å². The summed E-state index contributed by atoms with van der Waals surface area (Å²) >= 11 is 0. The molecule has 26 heavy (non-hydrogen) atoms. The zero-order valence-electron chi connectivity index (χ0n) is 14.7. The first-order chi connectivity index (χ1) is 12.4. The topological polar surface area (TPSA) is 60.9 Å². The Morgan fingerprint density at radius 3 is 2.58 bits per heavy atom. The summed E-state index contributed by atoms with van der Waals surface area (Å²) < 4.78 is 26.9. The molecule has 1 aromatic carbocycles. The van der Waals surface area contributed by atoms with E-state index in [0.29, 0.717) is 38.8 Å². The highest BCUT2D eigenvalue weighted by atomic mass is 19.3. The van der Waals surface area contributed by atoms with Gasteiger partial charge in [0.25, 0.3) is 5.92 Å². The molecule has 0 atom stereocenters. The van der Waals surface area contributed by atoms with Crippen molar-refractivity contribution < 1.29 is 23.5 Å².